The van der Waals surface area contributed by atoms with E-state index in [0.29, 0.717) is 6.61 Å². The number of nitrogen functional groups attached to an aromatic ring is 1. The third-order valence-electron chi connectivity index (χ3n) is 2.60. The van der Waals surface area contributed by atoms with Crippen molar-refractivity contribution in [1.82, 2.24) is 9.78 Å². The highest BCUT2D eigenvalue weighted by atomic mass is 16.5. The summed E-state index contributed by atoms with van der Waals surface area (Å²) in [4.78, 5) is 0. The summed E-state index contributed by atoms with van der Waals surface area (Å²) >= 11 is 0. The lowest BCUT2D eigenvalue weighted by Crippen LogP contribution is -2.08. The van der Waals surface area contributed by atoms with Crippen LogP contribution < -0.4 is 10.5 Å². The largest absolute Gasteiger partial charge is 0.492 e. The number of hydrogen-bond donors (Lipinski definition) is 1. The second-order valence-electron chi connectivity index (χ2n) is 4.15. The van der Waals surface area contributed by atoms with Crippen molar-refractivity contribution in [3.8, 4) is 5.75 Å². The highest BCUT2D eigenvalue weighted by Gasteiger charge is 1.99. The molecule has 0 fully saturated rings. The molecule has 17 heavy (non-hydrogen) atoms. The van der Waals surface area contributed by atoms with E-state index in [0.717, 1.165) is 29.1 Å². The van der Waals surface area contributed by atoms with Gasteiger partial charge in [0.05, 0.1) is 12.7 Å². The summed E-state index contributed by atoms with van der Waals surface area (Å²) in [6, 6.07) is 5.74. The Bertz CT molecular complexity index is 505. The highest BCUT2D eigenvalue weighted by molar-refractivity contribution is 5.50. The average Bonchev–Trinajstić information content (AvgIpc) is 2.70. The molecule has 0 saturated heterocycles. The summed E-state index contributed by atoms with van der Waals surface area (Å²) in [6.45, 7) is 5.32. The van der Waals surface area contributed by atoms with Gasteiger partial charge in [-0.25, -0.2) is 0 Å². The maximum Gasteiger partial charge on any atom is 0.121 e. The Balaban J connectivity index is 1.87. The van der Waals surface area contributed by atoms with Crippen LogP contribution in [0.1, 0.15) is 11.1 Å². The molecule has 0 bridgehead atoms. The van der Waals surface area contributed by atoms with E-state index in [1.165, 1.54) is 0 Å². The summed E-state index contributed by atoms with van der Waals surface area (Å²) in [5.41, 5.74) is 8.80. The van der Waals surface area contributed by atoms with E-state index in [1.807, 2.05) is 49.1 Å². The molecule has 0 atom stereocenters. The molecule has 0 unspecified atom stereocenters. The fraction of sp³-hybridized carbons (Fsp3) is 0.308. The molecular formula is C13H17N3O. The van der Waals surface area contributed by atoms with Crippen LogP contribution in [-0.2, 0) is 6.54 Å². The lowest BCUT2D eigenvalue weighted by molar-refractivity contribution is 0.291. The molecule has 2 rings (SSSR count). The van der Waals surface area contributed by atoms with Gasteiger partial charge in [-0.15, -0.1) is 0 Å². The minimum absolute atomic E-state index is 0.587. The maximum atomic E-state index is 5.81. The molecule has 0 radical (unpaired) electrons. The van der Waals surface area contributed by atoms with Crippen molar-refractivity contribution >= 4 is 5.69 Å². The van der Waals surface area contributed by atoms with E-state index < -0.39 is 0 Å². The summed E-state index contributed by atoms with van der Waals surface area (Å²) in [5, 5.41) is 4.19. The van der Waals surface area contributed by atoms with Gasteiger partial charge in [-0.2, -0.15) is 5.10 Å². The molecule has 0 spiro atoms. The van der Waals surface area contributed by atoms with E-state index in [9.17, 15) is 0 Å². The van der Waals surface area contributed by atoms with Crippen LogP contribution in [0.5, 0.6) is 5.75 Å². The van der Waals surface area contributed by atoms with Gasteiger partial charge >= 0.3 is 0 Å². The zero-order valence-electron chi connectivity index (χ0n) is 10.2. The van der Waals surface area contributed by atoms with E-state index >= 15 is 0 Å². The van der Waals surface area contributed by atoms with Crippen molar-refractivity contribution in [2.45, 2.75) is 20.4 Å². The van der Waals surface area contributed by atoms with Crippen molar-refractivity contribution in [3.05, 3.63) is 41.7 Å². The van der Waals surface area contributed by atoms with Gasteiger partial charge in [0, 0.05) is 18.0 Å². The lowest BCUT2D eigenvalue weighted by atomic mass is 10.2. The second-order valence-corrected chi connectivity index (χ2v) is 4.15. The summed E-state index contributed by atoms with van der Waals surface area (Å²) in [5.74, 6) is 0.803. The Morgan fingerprint density at radius 1 is 1.35 bits per heavy atom. The molecule has 4 nitrogen and oxygen atoms in total. The number of anilines is 1. The number of ether oxygens (including phenoxy) is 1. The fourth-order valence-electron chi connectivity index (χ4n) is 1.55. The molecule has 0 aliphatic rings. The first-order chi connectivity index (χ1) is 8.15. The molecule has 0 amide bonds. The topological polar surface area (TPSA) is 53.1 Å². The Morgan fingerprint density at radius 3 is 2.82 bits per heavy atom. The summed E-state index contributed by atoms with van der Waals surface area (Å²) < 4.78 is 7.48. The number of nitrogens with two attached hydrogens (primary N) is 1. The van der Waals surface area contributed by atoms with E-state index in [-0.39, 0.29) is 0 Å². The third kappa shape index (κ3) is 3.00. The molecule has 2 aromatic rings. The highest BCUT2D eigenvalue weighted by Crippen LogP contribution is 2.18. The van der Waals surface area contributed by atoms with E-state index in [2.05, 4.69) is 5.10 Å². The fourth-order valence-corrected chi connectivity index (χ4v) is 1.55. The van der Waals surface area contributed by atoms with Crippen molar-refractivity contribution in [1.29, 1.82) is 0 Å². The quantitative estimate of drug-likeness (QED) is 0.820. The molecule has 4 heteroatoms. The molecule has 1 aromatic carbocycles. The van der Waals surface area contributed by atoms with Crippen LogP contribution >= 0.6 is 0 Å². The van der Waals surface area contributed by atoms with Crippen LogP contribution in [0.3, 0.4) is 0 Å². The average molecular weight is 231 g/mol. The molecule has 2 N–H and O–H groups in total. The number of aryl methyl sites for hydroxylation is 2. The number of rotatable bonds is 4. The second kappa shape index (κ2) is 4.91. The maximum absolute atomic E-state index is 5.81. The first-order valence-corrected chi connectivity index (χ1v) is 5.63. The van der Waals surface area contributed by atoms with Crippen molar-refractivity contribution in [2.24, 2.45) is 0 Å². The normalized spacial score (nSPS) is 10.5. The number of hydrogen-bond acceptors (Lipinski definition) is 3. The molecular weight excluding hydrogens is 214 g/mol. The van der Waals surface area contributed by atoms with Crippen LogP contribution in [0.25, 0.3) is 0 Å². The van der Waals surface area contributed by atoms with Gasteiger partial charge in [0.15, 0.2) is 0 Å². The van der Waals surface area contributed by atoms with Gasteiger partial charge in [0.1, 0.15) is 12.4 Å². The van der Waals surface area contributed by atoms with Gasteiger partial charge in [-0.1, -0.05) is 6.07 Å². The number of benzene rings is 1. The van der Waals surface area contributed by atoms with E-state index in [1.54, 1.807) is 0 Å². The van der Waals surface area contributed by atoms with Crippen molar-refractivity contribution in [2.75, 3.05) is 12.3 Å². The summed E-state index contributed by atoms with van der Waals surface area (Å²) in [7, 11) is 0. The van der Waals surface area contributed by atoms with E-state index in [4.69, 9.17) is 10.5 Å². The predicted molar refractivity (Wildman–Crippen MR) is 68.1 cm³/mol. The standard InChI is InChI=1S/C13H17N3O/c1-10-8-15-16(9-10)5-6-17-12-4-3-11(2)13(14)7-12/h3-4,7-9H,5-6,14H2,1-2H3. The van der Waals surface area contributed by atoms with Crippen LogP contribution in [-0.4, -0.2) is 16.4 Å². The molecule has 90 valence electrons. The number of nitrogens with zero attached hydrogens (tertiary/aromatic N) is 2. The minimum Gasteiger partial charge on any atom is -0.492 e. The number of aromatic nitrogens is 2. The third-order valence-corrected chi connectivity index (χ3v) is 2.60. The van der Waals surface area contributed by atoms with Gasteiger partial charge in [-0.05, 0) is 31.0 Å². The molecule has 0 aliphatic heterocycles. The Morgan fingerprint density at radius 2 is 2.18 bits per heavy atom. The Hall–Kier alpha value is -1.97. The molecule has 1 aromatic heterocycles. The smallest absolute Gasteiger partial charge is 0.121 e. The molecule has 0 aliphatic carbocycles. The first kappa shape index (κ1) is 11.5. The molecule has 1 heterocycles. The first-order valence-electron chi connectivity index (χ1n) is 5.63. The van der Waals surface area contributed by atoms with Crippen LogP contribution in [0.15, 0.2) is 30.6 Å². The van der Waals surface area contributed by atoms with Gasteiger partial charge in [-0.3, -0.25) is 4.68 Å². The van der Waals surface area contributed by atoms with Gasteiger partial charge in [0.25, 0.3) is 0 Å². The van der Waals surface area contributed by atoms with Gasteiger partial charge < -0.3 is 10.5 Å². The van der Waals surface area contributed by atoms with Crippen LogP contribution in [0.2, 0.25) is 0 Å². The molecule has 0 saturated carbocycles. The Labute approximate surface area is 101 Å². The van der Waals surface area contributed by atoms with Crippen molar-refractivity contribution in [3.63, 3.8) is 0 Å². The summed E-state index contributed by atoms with van der Waals surface area (Å²) in [6.07, 6.45) is 3.83. The Kier molecular flexibility index (Phi) is 3.32. The van der Waals surface area contributed by atoms with Crippen molar-refractivity contribution < 1.29 is 4.74 Å². The monoisotopic (exact) mass is 231 g/mol. The zero-order chi connectivity index (χ0) is 12.3. The lowest BCUT2D eigenvalue weighted by Gasteiger charge is -2.08. The van der Waals surface area contributed by atoms with Crippen LogP contribution in [0.4, 0.5) is 5.69 Å². The minimum atomic E-state index is 0.587. The van der Waals surface area contributed by atoms with Gasteiger partial charge in [0.2, 0.25) is 0 Å². The zero-order valence-corrected chi connectivity index (χ0v) is 10.2. The SMILES string of the molecule is Cc1cnn(CCOc2ccc(C)c(N)c2)c1. The van der Waals surface area contributed by atoms with Crippen LogP contribution in [0, 0.1) is 13.8 Å². The predicted octanol–water partition coefficient (Wildman–Crippen LogP) is 2.16.